The third kappa shape index (κ3) is 5.30. The standard InChI is InChI=1S/C12H26O/c1-7-11(4)9-12(5,13-6)8-10(2)3/h10-11H,7-9H2,1-6H3. The van der Waals surface area contributed by atoms with Crippen molar-refractivity contribution in [2.45, 2.75) is 59.5 Å². The fraction of sp³-hybridized carbons (Fsp3) is 1.00. The van der Waals surface area contributed by atoms with E-state index in [1.54, 1.807) is 0 Å². The Labute approximate surface area is 83.9 Å². The molecular weight excluding hydrogens is 160 g/mol. The van der Waals surface area contributed by atoms with Crippen molar-refractivity contribution in [1.82, 2.24) is 0 Å². The van der Waals surface area contributed by atoms with E-state index in [2.05, 4.69) is 34.6 Å². The Morgan fingerprint density at radius 2 is 1.69 bits per heavy atom. The Kier molecular flexibility index (Phi) is 5.62. The van der Waals surface area contributed by atoms with Gasteiger partial charge in [-0.15, -0.1) is 0 Å². The Bertz CT molecular complexity index is 131. The lowest BCUT2D eigenvalue weighted by Crippen LogP contribution is -2.31. The first-order valence-corrected chi connectivity index (χ1v) is 5.48. The van der Waals surface area contributed by atoms with Crippen molar-refractivity contribution in [2.75, 3.05) is 7.11 Å². The van der Waals surface area contributed by atoms with Gasteiger partial charge in [0.05, 0.1) is 5.60 Å². The van der Waals surface area contributed by atoms with E-state index >= 15 is 0 Å². The first kappa shape index (κ1) is 13.0. The van der Waals surface area contributed by atoms with Gasteiger partial charge in [-0.3, -0.25) is 0 Å². The van der Waals surface area contributed by atoms with Gasteiger partial charge in [0, 0.05) is 7.11 Å². The molecule has 0 aromatic rings. The maximum atomic E-state index is 5.62. The lowest BCUT2D eigenvalue weighted by Gasteiger charge is -2.32. The summed E-state index contributed by atoms with van der Waals surface area (Å²) in [5.74, 6) is 1.48. The zero-order chi connectivity index (χ0) is 10.5. The van der Waals surface area contributed by atoms with Crippen molar-refractivity contribution >= 4 is 0 Å². The highest BCUT2D eigenvalue weighted by atomic mass is 16.5. The van der Waals surface area contributed by atoms with Gasteiger partial charge < -0.3 is 4.74 Å². The van der Waals surface area contributed by atoms with Gasteiger partial charge in [0.25, 0.3) is 0 Å². The molecule has 0 spiro atoms. The summed E-state index contributed by atoms with van der Waals surface area (Å²) in [6.07, 6.45) is 3.59. The van der Waals surface area contributed by atoms with Crippen molar-refractivity contribution in [1.29, 1.82) is 0 Å². The second-order valence-corrected chi connectivity index (χ2v) is 4.97. The molecule has 0 N–H and O–H groups in total. The van der Waals surface area contributed by atoms with Gasteiger partial charge in [0.1, 0.15) is 0 Å². The molecule has 0 aromatic carbocycles. The Morgan fingerprint density at radius 1 is 1.15 bits per heavy atom. The number of rotatable bonds is 6. The van der Waals surface area contributed by atoms with Crippen LogP contribution in [0.2, 0.25) is 0 Å². The maximum absolute atomic E-state index is 5.62. The smallest absolute Gasteiger partial charge is 0.0655 e. The summed E-state index contributed by atoms with van der Waals surface area (Å²) in [7, 11) is 1.84. The van der Waals surface area contributed by atoms with Crippen molar-refractivity contribution < 1.29 is 4.74 Å². The summed E-state index contributed by atoms with van der Waals surface area (Å²) in [6, 6.07) is 0. The molecule has 0 saturated heterocycles. The van der Waals surface area contributed by atoms with Crippen LogP contribution in [-0.4, -0.2) is 12.7 Å². The predicted octanol–water partition coefficient (Wildman–Crippen LogP) is 3.87. The fourth-order valence-corrected chi connectivity index (χ4v) is 2.00. The predicted molar refractivity (Wildman–Crippen MR) is 58.9 cm³/mol. The Balaban J connectivity index is 4.10. The van der Waals surface area contributed by atoms with E-state index in [9.17, 15) is 0 Å². The molecule has 2 unspecified atom stereocenters. The third-order valence-electron chi connectivity index (χ3n) is 2.81. The van der Waals surface area contributed by atoms with E-state index in [1.807, 2.05) is 7.11 Å². The van der Waals surface area contributed by atoms with Gasteiger partial charge >= 0.3 is 0 Å². The summed E-state index contributed by atoms with van der Waals surface area (Å²) < 4.78 is 5.62. The molecule has 0 bridgehead atoms. The van der Waals surface area contributed by atoms with E-state index in [0.717, 1.165) is 12.3 Å². The molecule has 13 heavy (non-hydrogen) atoms. The SMILES string of the molecule is CCC(C)CC(C)(CC(C)C)OC. The lowest BCUT2D eigenvalue weighted by atomic mass is 9.85. The van der Waals surface area contributed by atoms with Gasteiger partial charge in [0.15, 0.2) is 0 Å². The van der Waals surface area contributed by atoms with Gasteiger partial charge in [-0.2, -0.15) is 0 Å². The maximum Gasteiger partial charge on any atom is 0.0655 e. The number of hydrogen-bond acceptors (Lipinski definition) is 1. The van der Waals surface area contributed by atoms with Crippen LogP contribution in [0.1, 0.15) is 53.9 Å². The lowest BCUT2D eigenvalue weighted by molar-refractivity contribution is -0.0282. The topological polar surface area (TPSA) is 9.23 Å². The zero-order valence-electron chi connectivity index (χ0n) is 10.2. The van der Waals surface area contributed by atoms with E-state index < -0.39 is 0 Å². The Morgan fingerprint density at radius 3 is 2.00 bits per heavy atom. The highest BCUT2D eigenvalue weighted by Gasteiger charge is 2.26. The summed E-state index contributed by atoms with van der Waals surface area (Å²) in [5, 5.41) is 0. The molecule has 0 heterocycles. The zero-order valence-corrected chi connectivity index (χ0v) is 10.2. The summed E-state index contributed by atoms with van der Waals surface area (Å²) in [4.78, 5) is 0. The molecule has 0 aliphatic rings. The Hall–Kier alpha value is -0.0400. The average Bonchev–Trinajstić information content (AvgIpc) is 2.02. The quantitative estimate of drug-likeness (QED) is 0.612. The fourth-order valence-electron chi connectivity index (χ4n) is 2.00. The van der Waals surface area contributed by atoms with Crippen molar-refractivity contribution in [3.8, 4) is 0 Å². The largest absolute Gasteiger partial charge is 0.379 e. The van der Waals surface area contributed by atoms with Crippen LogP contribution in [0.5, 0.6) is 0 Å². The van der Waals surface area contributed by atoms with Crippen LogP contribution in [0.25, 0.3) is 0 Å². The molecule has 0 rings (SSSR count). The number of ether oxygens (including phenoxy) is 1. The van der Waals surface area contributed by atoms with Crippen LogP contribution < -0.4 is 0 Å². The first-order chi connectivity index (χ1) is 5.93. The van der Waals surface area contributed by atoms with Gasteiger partial charge in [-0.05, 0) is 31.6 Å². The van der Waals surface area contributed by atoms with E-state index in [4.69, 9.17) is 4.74 Å². The molecule has 0 aliphatic carbocycles. The molecule has 0 fully saturated rings. The number of methoxy groups -OCH3 is 1. The van der Waals surface area contributed by atoms with Crippen LogP contribution in [0.4, 0.5) is 0 Å². The van der Waals surface area contributed by atoms with Crippen LogP contribution in [0, 0.1) is 11.8 Å². The van der Waals surface area contributed by atoms with Crippen molar-refractivity contribution in [3.05, 3.63) is 0 Å². The minimum atomic E-state index is 0.0869. The minimum Gasteiger partial charge on any atom is -0.379 e. The highest BCUT2D eigenvalue weighted by molar-refractivity contribution is 4.78. The van der Waals surface area contributed by atoms with Gasteiger partial charge in [0.2, 0.25) is 0 Å². The second-order valence-electron chi connectivity index (χ2n) is 4.97. The molecule has 80 valence electrons. The molecule has 1 heteroatoms. The van der Waals surface area contributed by atoms with Gasteiger partial charge in [-0.25, -0.2) is 0 Å². The van der Waals surface area contributed by atoms with Crippen molar-refractivity contribution in [3.63, 3.8) is 0 Å². The van der Waals surface area contributed by atoms with Crippen LogP contribution in [0.15, 0.2) is 0 Å². The molecule has 0 aliphatic heterocycles. The summed E-state index contributed by atoms with van der Waals surface area (Å²) in [6.45, 7) is 11.3. The molecular formula is C12H26O. The highest BCUT2D eigenvalue weighted by Crippen LogP contribution is 2.28. The number of hydrogen-bond donors (Lipinski definition) is 0. The molecule has 2 atom stereocenters. The first-order valence-electron chi connectivity index (χ1n) is 5.48. The van der Waals surface area contributed by atoms with E-state index in [1.165, 1.54) is 12.8 Å². The average molecular weight is 186 g/mol. The molecule has 0 saturated carbocycles. The summed E-state index contributed by atoms with van der Waals surface area (Å²) in [5.41, 5.74) is 0.0869. The van der Waals surface area contributed by atoms with E-state index in [0.29, 0.717) is 5.92 Å². The minimum absolute atomic E-state index is 0.0869. The van der Waals surface area contributed by atoms with Gasteiger partial charge in [-0.1, -0.05) is 34.1 Å². The van der Waals surface area contributed by atoms with E-state index in [-0.39, 0.29) is 5.60 Å². The second kappa shape index (κ2) is 5.64. The van der Waals surface area contributed by atoms with Crippen molar-refractivity contribution in [2.24, 2.45) is 11.8 Å². The molecule has 1 nitrogen and oxygen atoms in total. The monoisotopic (exact) mass is 186 g/mol. The molecule has 0 radical (unpaired) electrons. The molecule has 0 aromatic heterocycles. The van der Waals surface area contributed by atoms with Crippen LogP contribution in [0.3, 0.4) is 0 Å². The molecule has 0 amide bonds. The normalized spacial score (nSPS) is 18.7. The third-order valence-corrected chi connectivity index (χ3v) is 2.81. The summed E-state index contributed by atoms with van der Waals surface area (Å²) >= 11 is 0. The van der Waals surface area contributed by atoms with Crippen LogP contribution >= 0.6 is 0 Å². The van der Waals surface area contributed by atoms with Crippen LogP contribution in [-0.2, 0) is 4.74 Å².